The van der Waals surface area contributed by atoms with Gasteiger partial charge in [0, 0.05) is 6.20 Å². The zero-order chi connectivity index (χ0) is 7.56. The molecule has 2 heteroatoms. The van der Waals surface area contributed by atoms with Gasteiger partial charge in [-0.05, 0) is 12.5 Å². The van der Waals surface area contributed by atoms with Crippen molar-refractivity contribution in [3.63, 3.8) is 0 Å². The van der Waals surface area contributed by atoms with E-state index >= 15 is 0 Å². The van der Waals surface area contributed by atoms with Gasteiger partial charge >= 0.3 is 0 Å². The Bertz CT molecular complexity index is 258. The molecule has 1 aromatic heterocycles. The summed E-state index contributed by atoms with van der Waals surface area (Å²) in [6.45, 7) is 9.37. The van der Waals surface area contributed by atoms with Crippen molar-refractivity contribution in [2.45, 2.75) is 6.92 Å². The lowest BCUT2D eigenvalue weighted by Gasteiger charge is -1.98. The number of nitrogens with zero attached hydrogens (tertiary/aromatic N) is 2. The number of allylic oxidation sites excluding steroid dienone is 1. The fourth-order valence-electron chi connectivity index (χ4n) is 0.781. The summed E-state index contributed by atoms with van der Waals surface area (Å²) in [5, 5.41) is 0. The van der Waals surface area contributed by atoms with Gasteiger partial charge in [0.25, 0.3) is 0 Å². The van der Waals surface area contributed by atoms with E-state index in [9.17, 15) is 0 Å². The van der Waals surface area contributed by atoms with Gasteiger partial charge in [-0.15, -0.1) is 0 Å². The average Bonchev–Trinajstić information content (AvgIpc) is 2.33. The summed E-state index contributed by atoms with van der Waals surface area (Å²) >= 11 is 0. The zero-order valence-corrected chi connectivity index (χ0v) is 6.04. The molecule has 0 aliphatic carbocycles. The van der Waals surface area contributed by atoms with Gasteiger partial charge in [-0.2, -0.15) is 0 Å². The van der Waals surface area contributed by atoms with Gasteiger partial charge in [-0.1, -0.05) is 13.2 Å². The Balaban J connectivity index is 3.13. The first-order valence-electron chi connectivity index (χ1n) is 3.06. The lowest BCUT2D eigenvalue weighted by atomic mass is 10.3. The van der Waals surface area contributed by atoms with Crippen LogP contribution >= 0.6 is 0 Å². The Hall–Kier alpha value is -1.31. The minimum Gasteiger partial charge on any atom is -0.307 e. The molecule has 0 atom stereocenters. The molecular weight excluding hydrogens is 124 g/mol. The third kappa shape index (κ3) is 1.00. The van der Waals surface area contributed by atoms with Crippen LogP contribution in [0.3, 0.4) is 0 Å². The molecule has 0 saturated heterocycles. The monoisotopic (exact) mass is 134 g/mol. The van der Waals surface area contributed by atoms with E-state index < -0.39 is 0 Å². The van der Waals surface area contributed by atoms with E-state index in [4.69, 9.17) is 0 Å². The van der Waals surface area contributed by atoms with E-state index in [1.807, 2.05) is 11.5 Å². The smallest absolute Gasteiger partial charge is 0.0991 e. The molecule has 0 N–H and O–H groups in total. The van der Waals surface area contributed by atoms with E-state index in [0.29, 0.717) is 0 Å². The summed E-state index contributed by atoms with van der Waals surface area (Å²) in [7, 11) is 0. The van der Waals surface area contributed by atoms with Crippen LogP contribution in [0.5, 0.6) is 0 Å². The molecule has 0 fully saturated rings. The Morgan fingerprint density at radius 2 is 2.50 bits per heavy atom. The predicted octanol–water partition coefficient (Wildman–Crippen LogP) is 2.02. The van der Waals surface area contributed by atoms with Gasteiger partial charge in [0.1, 0.15) is 0 Å². The molecule has 2 nitrogen and oxygen atoms in total. The maximum atomic E-state index is 3.95. The topological polar surface area (TPSA) is 17.8 Å². The van der Waals surface area contributed by atoms with E-state index in [1.54, 1.807) is 18.7 Å². The van der Waals surface area contributed by atoms with Crippen molar-refractivity contribution >= 4 is 11.8 Å². The van der Waals surface area contributed by atoms with Crippen LogP contribution in [0, 0.1) is 0 Å². The zero-order valence-electron chi connectivity index (χ0n) is 6.04. The minimum atomic E-state index is 0.998. The third-order valence-electron chi connectivity index (χ3n) is 1.30. The highest BCUT2D eigenvalue weighted by molar-refractivity contribution is 5.59. The molecule has 0 amide bonds. The Kier molecular flexibility index (Phi) is 1.71. The molecule has 1 rings (SSSR count). The fourth-order valence-corrected chi connectivity index (χ4v) is 0.781. The van der Waals surface area contributed by atoms with Gasteiger partial charge in [-0.25, -0.2) is 4.98 Å². The van der Waals surface area contributed by atoms with Crippen LogP contribution in [-0.2, 0) is 0 Å². The fraction of sp³-hybridized carbons (Fsp3) is 0.125. The average molecular weight is 134 g/mol. The number of hydrogen-bond acceptors (Lipinski definition) is 1. The summed E-state index contributed by atoms with van der Waals surface area (Å²) < 4.78 is 1.84. The summed E-state index contributed by atoms with van der Waals surface area (Å²) in [6.07, 6.45) is 5.18. The number of imidazole rings is 1. The van der Waals surface area contributed by atoms with Crippen molar-refractivity contribution in [3.8, 4) is 0 Å². The summed E-state index contributed by atoms with van der Waals surface area (Å²) in [4.78, 5) is 3.95. The van der Waals surface area contributed by atoms with Crippen molar-refractivity contribution < 1.29 is 0 Å². The highest BCUT2D eigenvalue weighted by Crippen LogP contribution is 2.09. The molecule has 0 spiro atoms. The van der Waals surface area contributed by atoms with Crippen LogP contribution in [0.1, 0.15) is 12.6 Å². The van der Waals surface area contributed by atoms with Gasteiger partial charge in [0.15, 0.2) is 0 Å². The van der Waals surface area contributed by atoms with Crippen LogP contribution in [0.25, 0.3) is 11.8 Å². The van der Waals surface area contributed by atoms with Crippen molar-refractivity contribution in [1.29, 1.82) is 0 Å². The first kappa shape index (κ1) is 6.81. The van der Waals surface area contributed by atoms with E-state index in [0.717, 1.165) is 11.3 Å². The molecule has 10 heavy (non-hydrogen) atoms. The summed E-state index contributed by atoms with van der Waals surface area (Å²) in [5.41, 5.74) is 2.01. The van der Waals surface area contributed by atoms with Gasteiger partial charge < -0.3 is 4.57 Å². The molecule has 1 aromatic rings. The lowest BCUT2D eigenvalue weighted by molar-refractivity contribution is 1.11. The highest BCUT2D eigenvalue weighted by atomic mass is 15.0. The molecule has 0 radical (unpaired) electrons. The second-order valence-corrected chi connectivity index (χ2v) is 2.15. The van der Waals surface area contributed by atoms with E-state index in [2.05, 4.69) is 18.1 Å². The SMILES string of the molecule is C=Cn1cncc1C(=C)C. The van der Waals surface area contributed by atoms with Crippen LogP contribution in [0.2, 0.25) is 0 Å². The van der Waals surface area contributed by atoms with Gasteiger partial charge in [0.2, 0.25) is 0 Å². The normalized spacial score (nSPS) is 9.30. The molecule has 1 heterocycles. The second-order valence-electron chi connectivity index (χ2n) is 2.15. The molecule has 0 unspecified atom stereocenters. The van der Waals surface area contributed by atoms with E-state index in [1.165, 1.54) is 0 Å². The van der Waals surface area contributed by atoms with Gasteiger partial charge in [-0.3, -0.25) is 0 Å². The quantitative estimate of drug-likeness (QED) is 0.605. The molecule has 0 bridgehead atoms. The molecule has 0 aromatic carbocycles. The third-order valence-corrected chi connectivity index (χ3v) is 1.30. The molecule has 0 saturated carbocycles. The maximum absolute atomic E-state index is 3.95. The molecule has 52 valence electrons. The van der Waals surface area contributed by atoms with Crippen molar-refractivity contribution in [2.24, 2.45) is 0 Å². The maximum Gasteiger partial charge on any atom is 0.0991 e. The van der Waals surface area contributed by atoms with E-state index in [-0.39, 0.29) is 0 Å². The Morgan fingerprint density at radius 3 is 2.90 bits per heavy atom. The largest absolute Gasteiger partial charge is 0.307 e. The van der Waals surface area contributed by atoms with Crippen molar-refractivity contribution in [2.75, 3.05) is 0 Å². The molecule has 0 aliphatic rings. The highest BCUT2D eigenvalue weighted by Gasteiger charge is 1.96. The lowest BCUT2D eigenvalue weighted by Crippen LogP contribution is -1.87. The first-order chi connectivity index (χ1) is 4.75. The number of hydrogen-bond donors (Lipinski definition) is 0. The number of aromatic nitrogens is 2. The predicted molar refractivity (Wildman–Crippen MR) is 43.3 cm³/mol. The second kappa shape index (κ2) is 2.52. The van der Waals surface area contributed by atoms with Crippen molar-refractivity contribution in [1.82, 2.24) is 9.55 Å². The number of rotatable bonds is 2. The molecule has 0 aliphatic heterocycles. The molecular formula is C8H10N2. The summed E-state index contributed by atoms with van der Waals surface area (Å²) in [5.74, 6) is 0. The van der Waals surface area contributed by atoms with Crippen LogP contribution in [0.15, 0.2) is 25.7 Å². The van der Waals surface area contributed by atoms with Crippen molar-refractivity contribution in [3.05, 3.63) is 31.4 Å². The first-order valence-corrected chi connectivity index (χ1v) is 3.06. The Morgan fingerprint density at radius 1 is 1.80 bits per heavy atom. The summed E-state index contributed by atoms with van der Waals surface area (Å²) in [6, 6.07) is 0. The van der Waals surface area contributed by atoms with Crippen LogP contribution in [0.4, 0.5) is 0 Å². The van der Waals surface area contributed by atoms with Crippen LogP contribution < -0.4 is 0 Å². The minimum absolute atomic E-state index is 0.998. The standard InChI is InChI=1S/C8H10N2/c1-4-10-6-9-5-8(10)7(2)3/h4-6H,1-2H2,3H3. The Labute approximate surface area is 60.5 Å². The van der Waals surface area contributed by atoms with Crippen LogP contribution in [-0.4, -0.2) is 9.55 Å². The van der Waals surface area contributed by atoms with Gasteiger partial charge in [0.05, 0.1) is 18.2 Å².